The summed E-state index contributed by atoms with van der Waals surface area (Å²) in [6.45, 7) is 1.56. The number of nitrogens with zero attached hydrogens (tertiary/aromatic N) is 2. The molecule has 1 amide bonds. The van der Waals surface area contributed by atoms with Crippen LogP contribution in [0.1, 0.15) is 26.4 Å². The van der Waals surface area contributed by atoms with Gasteiger partial charge in [0.05, 0.1) is 11.3 Å². The maximum absolute atomic E-state index is 12.4. The highest BCUT2D eigenvalue weighted by molar-refractivity contribution is 7.11. The lowest BCUT2D eigenvalue weighted by Gasteiger charge is -2.16. The molecule has 0 radical (unpaired) electrons. The third-order valence-corrected chi connectivity index (χ3v) is 4.11. The van der Waals surface area contributed by atoms with Crippen LogP contribution >= 0.6 is 23.1 Å². The Morgan fingerprint density at radius 2 is 2.05 bits per heavy atom. The van der Waals surface area contributed by atoms with Crippen LogP contribution < -0.4 is 4.90 Å². The SMILES string of the molecule is Cc1nsc(N(C)C(=O)c2ccc(Cl)cc2O)c1C(=O)O. The summed E-state index contributed by atoms with van der Waals surface area (Å²) in [6.07, 6.45) is 0. The second-order valence-corrected chi connectivity index (χ2v) is 5.47. The van der Waals surface area contributed by atoms with E-state index < -0.39 is 11.9 Å². The first-order valence-corrected chi connectivity index (χ1v) is 6.94. The van der Waals surface area contributed by atoms with Crippen LogP contribution in [-0.2, 0) is 0 Å². The number of halogens is 1. The zero-order valence-corrected chi connectivity index (χ0v) is 12.7. The number of carbonyl (C=O) groups is 2. The fourth-order valence-electron chi connectivity index (χ4n) is 1.79. The number of aromatic carboxylic acids is 1. The van der Waals surface area contributed by atoms with Crippen LogP contribution in [0.3, 0.4) is 0 Å². The molecule has 1 aromatic heterocycles. The molecule has 8 heteroatoms. The van der Waals surface area contributed by atoms with E-state index in [1.807, 2.05) is 0 Å². The molecule has 0 saturated carbocycles. The molecule has 21 heavy (non-hydrogen) atoms. The van der Waals surface area contributed by atoms with Gasteiger partial charge < -0.3 is 15.1 Å². The lowest BCUT2D eigenvalue weighted by Crippen LogP contribution is -2.27. The molecule has 0 spiro atoms. The minimum Gasteiger partial charge on any atom is -0.507 e. The van der Waals surface area contributed by atoms with Gasteiger partial charge in [0.25, 0.3) is 5.91 Å². The number of rotatable bonds is 3. The van der Waals surface area contributed by atoms with E-state index in [4.69, 9.17) is 11.6 Å². The van der Waals surface area contributed by atoms with Crippen LogP contribution in [0.15, 0.2) is 18.2 Å². The van der Waals surface area contributed by atoms with Gasteiger partial charge >= 0.3 is 5.97 Å². The number of hydrogen-bond donors (Lipinski definition) is 2. The van der Waals surface area contributed by atoms with E-state index in [1.165, 1.54) is 25.2 Å². The van der Waals surface area contributed by atoms with Gasteiger partial charge in [0.1, 0.15) is 16.3 Å². The van der Waals surface area contributed by atoms with Crippen molar-refractivity contribution in [1.82, 2.24) is 4.37 Å². The van der Waals surface area contributed by atoms with Crippen molar-refractivity contribution in [2.45, 2.75) is 6.92 Å². The van der Waals surface area contributed by atoms with Crippen molar-refractivity contribution in [3.8, 4) is 5.75 Å². The Bertz CT molecular complexity index is 729. The van der Waals surface area contributed by atoms with Gasteiger partial charge in [0, 0.05) is 12.1 Å². The molecule has 0 aliphatic carbocycles. The van der Waals surface area contributed by atoms with E-state index in [0.717, 1.165) is 16.4 Å². The quantitative estimate of drug-likeness (QED) is 0.905. The first-order valence-electron chi connectivity index (χ1n) is 5.79. The Hall–Kier alpha value is -2.12. The molecule has 2 rings (SSSR count). The van der Waals surface area contributed by atoms with Gasteiger partial charge in [-0.1, -0.05) is 11.6 Å². The van der Waals surface area contributed by atoms with Crippen molar-refractivity contribution in [2.75, 3.05) is 11.9 Å². The summed E-state index contributed by atoms with van der Waals surface area (Å²) in [6, 6.07) is 4.10. The number of carboxylic acid groups (broad SMARTS) is 1. The number of aryl methyl sites for hydroxylation is 1. The summed E-state index contributed by atoms with van der Waals surface area (Å²) < 4.78 is 3.95. The molecular weight excluding hydrogens is 316 g/mol. The van der Waals surface area contributed by atoms with Crippen molar-refractivity contribution >= 4 is 40.0 Å². The summed E-state index contributed by atoms with van der Waals surface area (Å²) in [5, 5.41) is 19.5. The van der Waals surface area contributed by atoms with Crippen LogP contribution in [0.2, 0.25) is 5.02 Å². The van der Waals surface area contributed by atoms with Crippen LogP contribution in [0.5, 0.6) is 5.75 Å². The van der Waals surface area contributed by atoms with Gasteiger partial charge in [-0.15, -0.1) is 0 Å². The Morgan fingerprint density at radius 3 is 2.62 bits per heavy atom. The number of amides is 1. The molecule has 0 aliphatic heterocycles. The fourth-order valence-corrected chi connectivity index (χ4v) is 2.80. The Labute approximate surface area is 129 Å². The van der Waals surface area contributed by atoms with Gasteiger partial charge in [-0.2, -0.15) is 4.37 Å². The van der Waals surface area contributed by atoms with E-state index in [-0.39, 0.29) is 21.9 Å². The van der Waals surface area contributed by atoms with Gasteiger partial charge in [0.2, 0.25) is 0 Å². The average Bonchev–Trinajstić information content (AvgIpc) is 2.79. The van der Waals surface area contributed by atoms with Crippen molar-refractivity contribution in [3.05, 3.63) is 40.0 Å². The number of phenolic OH excluding ortho intramolecular Hbond substituents is 1. The minimum atomic E-state index is -1.16. The topological polar surface area (TPSA) is 90.7 Å². The molecule has 2 N–H and O–H groups in total. The monoisotopic (exact) mass is 326 g/mol. The average molecular weight is 327 g/mol. The molecular formula is C13H11ClN2O4S. The van der Waals surface area contributed by atoms with Gasteiger partial charge in [-0.25, -0.2) is 4.79 Å². The maximum Gasteiger partial charge on any atom is 0.340 e. The lowest BCUT2D eigenvalue weighted by atomic mass is 10.1. The van der Waals surface area contributed by atoms with Gasteiger partial charge in [-0.05, 0) is 36.7 Å². The largest absolute Gasteiger partial charge is 0.507 e. The zero-order valence-electron chi connectivity index (χ0n) is 11.1. The number of aromatic hydroxyl groups is 1. The van der Waals surface area contributed by atoms with Crippen molar-refractivity contribution in [1.29, 1.82) is 0 Å². The highest BCUT2D eigenvalue weighted by Gasteiger charge is 2.25. The Morgan fingerprint density at radius 1 is 1.38 bits per heavy atom. The predicted molar refractivity (Wildman–Crippen MR) is 79.7 cm³/mol. The molecule has 2 aromatic rings. The number of aromatic nitrogens is 1. The van der Waals surface area contributed by atoms with Crippen LogP contribution in [0.25, 0.3) is 0 Å². The predicted octanol–water partition coefficient (Wildman–Crippen LogP) is 2.79. The smallest absolute Gasteiger partial charge is 0.340 e. The number of carboxylic acids is 1. The summed E-state index contributed by atoms with van der Waals surface area (Å²) in [4.78, 5) is 24.8. The number of carbonyl (C=O) groups excluding carboxylic acids is 1. The van der Waals surface area contributed by atoms with Crippen molar-refractivity contribution in [2.24, 2.45) is 0 Å². The molecule has 0 unspecified atom stereocenters. The summed E-state index contributed by atoms with van der Waals surface area (Å²) in [5.74, 6) is -1.97. The van der Waals surface area contributed by atoms with E-state index in [2.05, 4.69) is 4.37 Å². The van der Waals surface area contributed by atoms with Crippen molar-refractivity contribution in [3.63, 3.8) is 0 Å². The molecule has 0 fully saturated rings. The molecule has 0 bridgehead atoms. The lowest BCUT2D eigenvalue weighted by molar-refractivity contribution is 0.0697. The summed E-state index contributed by atoms with van der Waals surface area (Å²) >= 11 is 6.63. The molecule has 1 aromatic carbocycles. The van der Waals surface area contributed by atoms with E-state index in [1.54, 1.807) is 6.92 Å². The molecule has 110 valence electrons. The molecule has 0 saturated heterocycles. The second kappa shape index (κ2) is 5.71. The Balaban J connectivity index is 2.42. The molecule has 0 aliphatic rings. The Kier molecular flexibility index (Phi) is 4.15. The second-order valence-electron chi connectivity index (χ2n) is 4.28. The highest BCUT2D eigenvalue weighted by Crippen LogP contribution is 2.30. The van der Waals surface area contributed by atoms with Crippen molar-refractivity contribution < 1.29 is 19.8 Å². The third kappa shape index (κ3) is 2.84. The zero-order chi connectivity index (χ0) is 15.7. The first kappa shape index (κ1) is 15.3. The molecule has 0 atom stereocenters. The number of hydrogen-bond acceptors (Lipinski definition) is 5. The van der Waals surface area contributed by atoms with E-state index >= 15 is 0 Å². The van der Waals surface area contributed by atoms with Crippen LogP contribution in [-0.4, -0.2) is 33.5 Å². The summed E-state index contributed by atoms with van der Waals surface area (Å²) in [7, 11) is 1.43. The standard InChI is InChI=1S/C13H11ClN2O4S/c1-6-10(13(19)20)12(21-15-6)16(2)11(18)8-4-3-7(14)5-9(8)17/h3-5,17H,1-2H3,(H,19,20). The highest BCUT2D eigenvalue weighted by atomic mass is 35.5. The minimum absolute atomic E-state index is 0.0238. The van der Waals surface area contributed by atoms with Crippen LogP contribution in [0.4, 0.5) is 5.00 Å². The molecule has 1 heterocycles. The van der Waals surface area contributed by atoms with E-state index in [9.17, 15) is 19.8 Å². The number of anilines is 1. The van der Waals surface area contributed by atoms with E-state index in [0.29, 0.717) is 10.7 Å². The summed E-state index contributed by atoms with van der Waals surface area (Å²) in [5.41, 5.74) is 0.344. The van der Waals surface area contributed by atoms with Gasteiger partial charge in [-0.3, -0.25) is 4.79 Å². The maximum atomic E-state index is 12.4. The number of benzene rings is 1. The fraction of sp³-hybridized carbons (Fsp3) is 0.154. The molecule has 6 nitrogen and oxygen atoms in total. The normalized spacial score (nSPS) is 10.4. The van der Waals surface area contributed by atoms with Gasteiger partial charge in [0.15, 0.2) is 0 Å². The number of phenols is 1. The van der Waals surface area contributed by atoms with Crippen LogP contribution in [0, 0.1) is 6.92 Å². The first-order chi connectivity index (χ1) is 9.82. The third-order valence-electron chi connectivity index (χ3n) is 2.86.